The van der Waals surface area contributed by atoms with Crippen LogP contribution in [0.1, 0.15) is 34.1 Å². The predicted molar refractivity (Wildman–Crippen MR) is 64.3 cm³/mol. The third-order valence-electron chi connectivity index (χ3n) is 2.84. The largest absolute Gasteiger partial charge is 0.381 e. The lowest BCUT2D eigenvalue weighted by Crippen LogP contribution is -2.47. The first-order chi connectivity index (χ1) is 7.38. The van der Waals surface area contributed by atoms with Crippen molar-refractivity contribution in [2.24, 2.45) is 5.92 Å². The summed E-state index contributed by atoms with van der Waals surface area (Å²) in [5.74, 6) is 0.535. The van der Waals surface area contributed by atoms with Crippen molar-refractivity contribution in [3.8, 4) is 0 Å². The van der Waals surface area contributed by atoms with Gasteiger partial charge >= 0.3 is 0 Å². The average Bonchev–Trinajstić information content (AvgIpc) is 2.66. The molecule has 2 atom stereocenters. The molecule has 1 aliphatic heterocycles. The minimum Gasteiger partial charge on any atom is -0.381 e. The van der Waals surface area contributed by atoms with Crippen molar-refractivity contribution in [2.45, 2.75) is 45.7 Å². The van der Waals surface area contributed by atoms with Crippen LogP contribution in [0.4, 0.5) is 0 Å². The van der Waals surface area contributed by atoms with Crippen molar-refractivity contribution in [3.63, 3.8) is 0 Å². The van der Waals surface area contributed by atoms with Gasteiger partial charge in [-0.3, -0.25) is 4.79 Å². The van der Waals surface area contributed by atoms with Crippen LogP contribution in [0.25, 0.3) is 0 Å². The third kappa shape index (κ3) is 4.94. The van der Waals surface area contributed by atoms with Gasteiger partial charge in [0, 0.05) is 24.1 Å². The van der Waals surface area contributed by atoms with Gasteiger partial charge in [0.1, 0.15) is 0 Å². The third-order valence-corrected chi connectivity index (χ3v) is 2.84. The van der Waals surface area contributed by atoms with Gasteiger partial charge in [0.25, 0.3) is 0 Å². The van der Waals surface area contributed by atoms with Crippen molar-refractivity contribution < 1.29 is 9.53 Å². The number of hydrogen-bond acceptors (Lipinski definition) is 3. The number of rotatable bonds is 4. The standard InChI is InChI=1S/C12H24N2O2/c1-9(10-5-6-16-8-10)14-11(15)7-13-12(2,3)4/h9-10,13H,5-8H2,1-4H3,(H,14,15). The van der Waals surface area contributed by atoms with Crippen LogP contribution >= 0.6 is 0 Å². The molecule has 0 radical (unpaired) electrons. The van der Waals surface area contributed by atoms with Crippen LogP contribution < -0.4 is 10.6 Å². The molecule has 1 rings (SSSR count). The lowest BCUT2D eigenvalue weighted by atomic mass is 10.0. The van der Waals surface area contributed by atoms with Crippen LogP contribution in [0, 0.1) is 5.92 Å². The van der Waals surface area contributed by atoms with Crippen LogP contribution in [-0.2, 0) is 9.53 Å². The molecular weight excluding hydrogens is 204 g/mol. The lowest BCUT2D eigenvalue weighted by molar-refractivity contribution is -0.121. The molecule has 0 aliphatic carbocycles. The Morgan fingerprint density at radius 3 is 2.69 bits per heavy atom. The number of carbonyl (C=O) groups excluding carboxylic acids is 1. The first-order valence-corrected chi connectivity index (χ1v) is 6.00. The summed E-state index contributed by atoms with van der Waals surface area (Å²) in [7, 11) is 0. The van der Waals surface area contributed by atoms with Crippen molar-refractivity contribution in [1.82, 2.24) is 10.6 Å². The first-order valence-electron chi connectivity index (χ1n) is 6.00. The molecule has 0 spiro atoms. The van der Waals surface area contributed by atoms with Gasteiger partial charge in [-0.25, -0.2) is 0 Å². The Morgan fingerprint density at radius 1 is 1.50 bits per heavy atom. The molecule has 1 amide bonds. The van der Waals surface area contributed by atoms with E-state index in [0.29, 0.717) is 12.5 Å². The van der Waals surface area contributed by atoms with Crippen molar-refractivity contribution >= 4 is 5.91 Å². The summed E-state index contributed by atoms with van der Waals surface area (Å²) in [5, 5.41) is 6.19. The summed E-state index contributed by atoms with van der Waals surface area (Å²) in [6, 6.07) is 0.205. The molecule has 0 aromatic rings. The van der Waals surface area contributed by atoms with Crippen molar-refractivity contribution in [1.29, 1.82) is 0 Å². The Kier molecular flexibility index (Phi) is 4.74. The van der Waals surface area contributed by atoms with E-state index in [9.17, 15) is 4.79 Å². The van der Waals surface area contributed by atoms with Gasteiger partial charge in [0.2, 0.25) is 5.91 Å². The predicted octanol–water partition coefficient (Wildman–Crippen LogP) is 0.916. The first kappa shape index (κ1) is 13.5. The topological polar surface area (TPSA) is 50.4 Å². The Hall–Kier alpha value is -0.610. The van der Waals surface area contributed by atoms with E-state index in [1.807, 2.05) is 6.92 Å². The Labute approximate surface area is 98.1 Å². The molecule has 94 valence electrons. The summed E-state index contributed by atoms with van der Waals surface area (Å²) in [5.41, 5.74) is -0.0168. The van der Waals surface area contributed by atoms with Gasteiger partial charge < -0.3 is 15.4 Å². The van der Waals surface area contributed by atoms with Crippen LogP contribution in [0.5, 0.6) is 0 Å². The Balaban J connectivity index is 2.22. The highest BCUT2D eigenvalue weighted by Crippen LogP contribution is 2.16. The highest BCUT2D eigenvalue weighted by atomic mass is 16.5. The van der Waals surface area contributed by atoms with E-state index in [2.05, 4.69) is 31.4 Å². The molecule has 2 unspecified atom stereocenters. The molecule has 1 aliphatic rings. The molecule has 2 N–H and O–H groups in total. The molecule has 0 aromatic carbocycles. The minimum atomic E-state index is -0.0168. The zero-order chi connectivity index (χ0) is 12.2. The van der Waals surface area contributed by atoms with Gasteiger partial charge in [0.15, 0.2) is 0 Å². The van der Waals surface area contributed by atoms with E-state index < -0.39 is 0 Å². The normalized spacial score (nSPS) is 23.1. The zero-order valence-electron chi connectivity index (χ0n) is 10.8. The molecule has 0 aromatic heterocycles. The van der Waals surface area contributed by atoms with E-state index in [4.69, 9.17) is 4.74 Å². The number of amides is 1. The van der Waals surface area contributed by atoms with Gasteiger partial charge in [-0.2, -0.15) is 0 Å². The molecule has 4 nitrogen and oxygen atoms in total. The van der Waals surface area contributed by atoms with E-state index in [1.54, 1.807) is 0 Å². The molecule has 4 heteroatoms. The maximum Gasteiger partial charge on any atom is 0.234 e. The SMILES string of the molecule is CC(NC(=O)CNC(C)(C)C)C1CCOC1. The fourth-order valence-electron chi connectivity index (χ4n) is 1.72. The van der Waals surface area contributed by atoms with E-state index in [-0.39, 0.29) is 17.5 Å². The Morgan fingerprint density at radius 2 is 2.19 bits per heavy atom. The highest BCUT2D eigenvalue weighted by molar-refractivity contribution is 5.78. The summed E-state index contributed by atoms with van der Waals surface area (Å²) in [6.07, 6.45) is 1.05. The van der Waals surface area contributed by atoms with Crippen LogP contribution in [0.15, 0.2) is 0 Å². The molecule has 0 saturated carbocycles. The fraction of sp³-hybridized carbons (Fsp3) is 0.917. The quantitative estimate of drug-likeness (QED) is 0.752. The lowest BCUT2D eigenvalue weighted by Gasteiger charge is -2.23. The Bertz CT molecular complexity index is 230. The molecule has 16 heavy (non-hydrogen) atoms. The molecule has 1 fully saturated rings. The highest BCUT2D eigenvalue weighted by Gasteiger charge is 2.23. The molecule has 1 saturated heterocycles. The molecule has 1 heterocycles. The van der Waals surface area contributed by atoms with Gasteiger partial charge in [-0.15, -0.1) is 0 Å². The number of nitrogens with one attached hydrogen (secondary N) is 2. The number of carbonyl (C=O) groups is 1. The summed E-state index contributed by atoms with van der Waals surface area (Å²) < 4.78 is 5.31. The monoisotopic (exact) mass is 228 g/mol. The number of hydrogen-bond donors (Lipinski definition) is 2. The van der Waals surface area contributed by atoms with Crippen LogP contribution in [0.2, 0.25) is 0 Å². The second-order valence-corrected chi connectivity index (χ2v) is 5.58. The molecule has 0 bridgehead atoms. The van der Waals surface area contributed by atoms with Gasteiger partial charge in [-0.05, 0) is 34.1 Å². The second kappa shape index (κ2) is 5.64. The van der Waals surface area contributed by atoms with Crippen LogP contribution in [0.3, 0.4) is 0 Å². The molecular formula is C12H24N2O2. The van der Waals surface area contributed by atoms with Crippen LogP contribution in [-0.4, -0.2) is 37.2 Å². The van der Waals surface area contributed by atoms with Crippen molar-refractivity contribution in [2.75, 3.05) is 19.8 Å². The minimum absolute atomic E-state index is 0.0168. The summed E-state index contributed by atoms with van der Waals surface area (Å²) >= 11 is 0. The second-order valence-electron chi connectivity index (χ2n) is 5.58. The summed E-state index contributed by atoms with van der Waals surface area (Å²) in [4.78, 5) is 11.6. The van der Waals surface area contributed by atoms with Crippen molar-refractivity contribution in [3.05, 3.63) is 0 Å². The van der Waals surface area contributed by atoms with E-state index >= 15 is 0 Å². The maximum absolute atomic E-state index is 11.6. The van der Waals surface area contributed by atoms with E-state index in [1.165, 1.54) is 0 Å². The van der Waals surface area contributed by atoms with Gasteiger partial charge in [0.05, 0.1) is 13.2 Å². The van der Waals surface area contributed by atoms with Gasteiger partial charge in [-0.1, -0.05) is 0 Å². The van der Waals surface area contributed by atoms with E-state index in [0.717, 1.165) is 19.6 Å². The smallest absolute Gasteiger partial charge is 0.234 e. The number of ether oxygens (including phenoxy) is 1. The zero-order valence-corrected chi connectivity index (χ0v) is 10.8. The maximum atomic E-state index is 11.6. The average molecular weight is 228 g/mol. The fourth-order valence-corrected chi connectivity index (χ4v) is 1.72. The summed E-state index contributed by atoms with van der Waals surface area (Å²) in [6.45, 7) is 10.2.